The smallest absolute Gasteiger partial charge is 0.199 e. The maximum Gasteiger partial charge on any atom is 0.199 e. The summed E-state index contributed by atoms with van der Waals surface area (Å²) in [4.78, 5) is 21.9. The van der Waals surface area contributed by atoms with E-state index in [9.17, 15) is 9.59 Å². The third-order valence-electron chi connectivity index (χ3n) is 1.77. The summed E-state index contributed by atoms with van der Waals surface area (Å²) in [5, 5.41) is 44.6. The average molecular weight is 223 g/mol. The van der Waals surface area contributed by atoms with Gasteiger partial charge in [-0.05, 0) is 6.90 Å². The van der Waals surface area contributed by atoms with E-state index in [2.05, 4.69) is 0 Å². The quantitative estimate of drug-likeness (QED) is 0.296. The van der Waals surface area contributed by atoms with E-state index in [-0.39, 0.29) is 0 Å². The molecule has 0 aliphatic rings. The highest BCUT2D eigenvalue weighted by molar-refractivity contribution is 6.06. The van der Waals surface area contributed by atoms with Gasteiger partial charge in [-0.3, -0.25) is 9.59 Å². The fourth-order valence-corrected chi connectivity index (χ4v) is 0.807. The number of hydrogen-bond acceptors (Lipinski definition) is 7. The number of carbonyl (C=O) groups excluding carboxylic acids is 2. The zero-order valence-corrected chi connectivity index (χ0v) is 7.78. The van der Waals surface area contributed by atoms with Gasteiger partial charge in [-0.1, -0.05) is 0 Å². The summed E-state index contributed by atoms with van der Waals surface area (Å²) in [6, 6.07) is 0. The Labute approximate surface area is 87.0 Å². The standard InChI is InChI=1S/C8H14O7/c1-3(10)5(12)7(14)8(15)6(13)4(11)2-9/h4-6,8-9,11-13,15H,2H2,1H3/t4-,5?,6-,8+/m1/s1/i1D. The van der Waals surface area contributed by atoms with Crippen molar-refractivity contribution in [3.63, 3.8) is 0 Å². The third kappa shape index (κ3) is 3.65. The predicted octanol–water partition coefficient (Wildman–Crippen LogP) is -3.42. The monoisotopic (exact) mass is 223 g/mol. The van der Waals surface area contributed by atoms with Gasteiger partial charge >= 0.3 is 0 Å². The predicted molar refractivity (Wildman–Crippen MR) is 46.8 cm³/mol. The molecule has 0 aliphatic heterocycles. The molecule has 0 heterocycles. The molecule has 0 spiro atoms. The number of Topliss-reactive ketones (excluding diaryl/α,β-unsaturated/α-hetero) is 2. The van der Waals surface area contributed by atoms with Crippen LogP contribution in [0.5, 0.6) is 0 Å². The van der Waals surface area contributed by atoms with Crippen LogP contribution in [0.1, 0.15) is 8.27 Å². The number of carbonyl (C=O) groups is 2. The van der Waals surface area contributed by atoms with Gasteiger partial charge in [-0.2, -0.15) is 0 Å². The second-order valence-electron chi connectivity index (χ2n) is 2.96. The second-order valence-corrected chi connectivity index (χ2v) is 2.96. The van der Waals surface area contributed by atoms with Crippen LogP contribution >= 0.6 is 0 Å². The Morgan fingerprint density at radius 3 is 2.20 bits per heavy atom. The Hall–Kier alpha value is -0.860. The van der Waals surface area contributed by atoms with Crippen molar-refractivity contribution in [2.24, 2.45) is 0 Å². The molecule has 1 unspecified atom stereocenters. The third-order valence-corrected chi connectivity index (χ3v) is 1.77. The Balaban J connectivity index is 4.54. The molecule has 0 rings (SSSR count). The van der Waals surface area contributed by atoms with Crippen LogP contribution < -0.4 is 0 Å². The molecule has 0 aromatic heterocycles. The van der Waals surface area contributed by atoms with Crippen LogP contribution in [0.25, 0.3) is 0 Å². The minimum atomic E-state index is -2.21. The van der Waals surface area contributed by atoms with Crippen molar-refractivity contribution < 1.29 is 36.5 Å². The van der Waals surface area contributed by atoms with Crippen molar-refractivity contribution in [1.29, 1.82) is 0 Å². The van der Waals surface area contributed by atoms with Gasteiger partial charge in [0.05, 0.1) is 6.61 Å². The summed E-state index contributed by atoms with van der Waals surface area (Å²) in [6.07, 6.45) is -8.19. The van der Waals surface area contributed by atoms with E-state index in [0.717, 1.165) is 0 Å². The highest BCUT2D eigenvalue weighted by Gasteiger charge is 2.35. The molecule has 5 N–H and O–H groups in total. The van der Waals surface area contributed by atoms with Crippen LogP contribution in [-0.4, -0.2) is 68.1 Å². The Bertz CT molecular complexity index is 257. The van der Waals surface area contributed by atoms with Gasteiger partial charge in [-0.25, -0.2) is 0 Å². The maximum atomic E-state index is 11.1. The van der Waals surface area contributed by atoms with Gasteiger partial charge < -0.3 is 25.5 Å². The summed E-state index contributed by atoms with van der Waals surface area (Å²) in [7, 11) is 0. The SMILES string of the molecule is [2H]CC(=O)C(O)C(=O)[C@@H](O)[C@H](O)[C@H](O)CO. The van der Waals surface area contributed by atoms with E-state index in [4.69, 9.17) is 26.9 Å². The van der Waals surface area contributed by atoms with Crippen molar-refractivity contribution in [2.75, 3.05) is 6.61 Å². The van der Waals surface area contributed by atoms with E-state index < -0.39 is 49.5 Å². The largest absolute Gasteiger partial charge is 0.394 e. The molecule has 0 aliphatic carbocycles. The lowest BCUT2D eigenvalue weighted by Gasteiger charge is -2.21. The van der Waals surface area contributed by atoms with Gasteiger partial charge in [0.2, 0.25) is 0 Å². The molecule has 0 bridgehead atoms. The lowest BCUT2D eigenvalue weighted by Crippen LogP contribution is -2.48. The molecule has 0 amide bonds. The topological polar surface area (TPSA) is 135 Å². The zero-order chi connectivity index (χ0) is 12.9. The number of ketones is 2. The van der Waals surface area contributed by atoms with E-state index in [1.165, 1.54) is 0 Å². The molecule has 0 radical (unpaired) electrons. The van der Waals surface area contributed by atoms with E-state index in [1.807, 2.05) is 0 Å². The molecule has 15 heavy (non-hydrogen) atoms. The molecule has 88 valence electrons. The van der Waals surface area contributed by atoms with Gasteiger partial charge in [0.1, 0.15) is 18.3 Å². The Morgan fingerprint density at radius 2 is 1.80 bits per heavy atom. The minimum absolute atomic E-state index is 0.849. The normalized spacial score (nSPS) is 19.9. The first-order valence-corrected chi connectivity index (χ1v) is 4.05. The highest BCUT2D eigenvalue weighted by atomic mass is 16.4. The molecule has 0 aromatic carbocycles. The number of aliphatic hydroxyl groups excluding tert-OH is 5. The number of rotatable bonds is 6. The Morgan fingerprint density at radius 1 is 1.27 bits per heavy atom. The molecule has 7 heteroatoms. The van der Waals surface area contributed by atoms with Gasteiger partial charge in [-0.15, -0.1) is 0 Å². The number of hydrogen-bond donors (Lipinski definition) is 5. The first-order chi connectivity index (χ1) is 7.36. The minimum Gasteiger partial charge on any atom is -0.394 e. The van der Waals surface area contributed by atoms with Gasteiger partial charge in [0.25, 0.3) is 0 Å². The molecular formula is C8H14O7. The first-order valence-electron chi connectivity index (χ1n) is 4.76. The fraction of sp³-hybridized carbons (Fsp3) is 0.750. The summed E-state index contributed by atoms with van der Waals surface area (Å²) in [5.74, 6) is -2.55. The van der Waals surface area contributed by atoms with Crippen LogP contribution in [-0.2, 0) is 9.59 Å². The average Bonchev–Trinajstić information content (AvgIpc) is 2.32. The summed E-state index contributed by atoms with van der Waals surface area (Å²) >= 11 is 0. The molecule has 0 fully saturated rings. The lowest BCUT2D eigenvalue weighted by molar-refractivity contribution is -0.152. The van der Waals surface area contributed by atoms with E-state index in [0.29, 0.717) is 0 Å². The Kier molecular flexibility index (Phi) is 4.79. The van der Waals surface area contributed by atoms with Crippen LogP contribution in [0.4, 0.5) is 0 Å². The van der Waals surface area contributed by atoms with Crippen molar-refractivity contribution in [3.05, 3.63) is 0 Å². The molecule has 0 saturated carbocycles. The number of aliphatic hydroxyl groups is 5. The van der Waals surface area contributed by atoms with Crippen LogP contribution in [0.15, 0.2) is 0 Å². The molecule has 0 aromatic rings. The highest BCUT2D eigenvalue weighted by Crippen LogP contribution is 2.04. The van der Waals surface area contributed by atoms with Crippen molar-refractivity contribution in [3.8, 4) is 0 Å². The molecule has 7 nitrogen and oxygen atoms in total. The molecular weight excluding hydrogens is 208 g/mol. The van der Waals surface area contributed by atoms with E-state index >= 15 is 0 Å². The fourth-order valence-electron chi connectivity index (χ4n) is 0.807. The zero-order valence-electron chi connectivity index (χ0n) is 8.78. The molecule has 4 atom stereocenters. The van der Waals surface area contributed by atoms with Crippen molar-refractivity contribution in [2.45, 2.75) is 31.3 Å². The van der Waals surface area contributed by atoms with Gasteiger partial charge in [0, 0.05) is 1.37 Å². The van der Waals surface area contributed by atoms with Crippen molar-refractivity contribution in [1.82, 2.24) is 0 Å². The first kappa shape index (κ1) is 12.2. The van der Waals surface area contributed by atoms with Crippen LogP contribution in [0.3, 0.4) is 0 Å². The molecule has 0 saturated heterocycles. The van der Waals surface area contributed by atoms with E-state index in [1.54, 1.807) is 0 Å². The summed E-state index contributed by atoms with van der Waals surface area (Å²) < 4.78 is 6.61. The van der Waals surface area contributed by atoms with Gasteiger partial charge in [0.15, 0.2) is 17.7 Å². The second kappa shape index (κ2) is 5.89. The van der Waals surface area contributed by atoms with Crippen LogP contribution in [0.2, 0.25) is 0 Å². The van der Waals surface area contributed by atoms with Crippen molar-refractivity contribution >= 4 is 11.6 Å². The summed E-state index contributed by atoms with van der Waals surface area (Å²) in [5.41, 5.74) is 0. The maximum absolute atomic E-state index is 11.1. The van der Waals surface area contributed by atoms with Crippen LogP contribution in [0, 0.1) is 0 Å². The lowest BCUT2D eigenvalue weighted by atomic mass is 9.99. The summed E-state index contributed by atoms with van der Waals surface area (Å²) in [6.45, 7) is -1.74.